The molecule has 0 bridgehead atoms. The number of carboxylic acids is 1. The van der Waals surface area contributed by atoms with Crippen LogP contribution < -0.4 is 15.5 Å². The van der Waals surface area contributed by atoms with E-state index in [2.05, 4.69) is 20.4 Å². The Labute approximate surface area is 188 Å². The Balaban J connectivity index is 1.73. The predicted octanol–water partition coefficient (Wildman–Crippen LogP) is 2.59. The number of hydrogen-bond acceptors (Lipinski definition) is 5. The molecule has 3 rings (SSSR count). The van der Waals surface area contributed by atoms with Gasteiger partial charge in [-0.1, -0.05) is 24.6 Å². The van der Waals surface area contributed by atoms with Crippen molar-refractivity contribution in [2.75, 3.05) is 49.5 Å². The van der Waals surface area contributed by atoms with E-state index in [0.29, 0.717) is 50.5 Å². The fourth-order valence-electron chi connectivity index (χ4n) is 3.70. The van der Waals surface area contributed by atoms with Crippen molar-refractivity contribution in [1.29, 1.82) is 0 Å². The summed E-state index contributed by atoms with van der Waals surface area (Å²) in [5.74, 6) is -1.31. The Morgan fingerprint density at radius 1 is 1.00 bits per heavy atom. The number of aromatic carboxylic acids is 1. The van der Waals surface area contributed by atoms with E-state index >= 15 is 0 Å². The molecule has 0 spiro atoms. The molecule has 2 aromatic carbocycles. The third-order valence-electron chi connectivity index (χ3n) is 5.42. The van der Waals surface area contributed by atoms with Crippen LogP contribution in [-0.2, 0) is 4.79 Å². The molecule has 0 unspecified atom stereocenters. The van der Waals surface area contributed by atoms with Gasteiger partial charge in [-0.3, -0.25) is 14.5 Å². The topological polar surface area (TPSA) is 102 Å². The number of carbonyl (C=O) groups is 3. The third-order valence-corrected chi connectivity index (χ3v) is 5.42. The largest absolute Gasteiger partial charge is 0.478 e. The van der Waals surface area contributed by atoms with Crippen LogP contribution in [0.3, 0.4) is 0 Å². The Morgan fingerprint density at radius 2 is 1.75 bits per heavy atom. The fraction of sp³-hybridized carbons (Fsp3) is 0.375. The zero-order valence-electron chi connectivity index (χ0n) is 18.6. The number of piperazine rings is 1. The van der Waals surface area contributed by atoms with Gasteiger partial charge in [-0.15, -0.1) is 0 Å². The number of hydrogen-bond donors (Lipinski definition) is 3. The van der Waals surface area contributed by atoms with Crippen LogP contribution in [0, 0.1) is 6.92 Å². The van der Waals surface area contributed by atoms with E-state index in [-0.39, 0.29) is 17.4 Å². The maximum atomic E-state index is 12.8. The van der Waals surface area contributed by atoms with Crippen LogP contribution in [0.1, 0.15) is 39.6 Å². The normalized spacial score (nSPS) is 14.1. The summed E-state index contributed by atoms with van der Waals surface area (Å²) >= 11 is 0. The van der Waals surface area contributed by atoms with E-state index in [0.717, 1.165) is 17.7 Å². The second-order valence-electron chi connectivity index (χ2n) is 7.97. The minimum Gasteiger partial charge on any atom is -0.478 e. The lowest BCUT2D eigenvalue weighted by Gasteiger charge is -2.36. The first-order chi connectivity index (χ1) is 15.4. The lowest BCUT2D eigenvalue weighted by Crippen LogP contribution is -2.49. The SMILES string of the molecule is CCCNC(=O)CN1CCN(c2ccc(C(=O)O)cc2NC(=O)c2cccc(C)c2)CC1. The first-order valence-corrected chi connectivity index (χ1v) is 10.9. The molecule has 3 N–H and O–H groups in total. The number of nitrogens with one attached hydrogen (secondary N) is 2. The van der Waals surface area contributed by atoms with Crippen molar-refractivity contribution in [3.05, 3.63) is 59.2 Å². The van der Waals surface area contributed by atoms with Gasteiger partial charge in [0.05, 0.1) is 23.5 Å². The van der Waals surface area contributed by atoms with Crippen LogP contribution in [-0.4, -0.2) is 67.1 Å². The lowest BCUT2D eigenvalue weighted by molar-refractivity contribution is -0.122. The maximum absolute atomic E-state index is 12.8. The summed E-state index contributed by atoms with van der Waals surface area (Å²) in [6.45, 7) is 7.71. The Kier molecular flexibility index (Phi) is 7.83. The third kappa shape index (κ3) is 6.07. The molecule has 2 aromatic rings. The summed E-state index contributed by atoms with van der Waals surface area (Å²) in [7, 11) is 0. The number of carboxylic acid groups (broad SMARTS) is 1. The summed E-state index contributed by atoms with van der Waals surface area (Å²) < 4.78 is 0. The van der Waals surface area contributed by atoms with E-state index < -0.39 is 5.97 Å². The van der Waals surface area contributed by atoms with Gasteiger partial charge in [-0.25, -0.2) is 4.79 Å². The molecule has 8 nitrogen and oxygen atoms in total. The number of anilines is 2. The van der Waals surface area contributed by atoms with Gasteiger partial charge in [-0.2, -0.15) is 0 Å². The van der Waals surface area contributed by atoms with Crippen LogP contribution in [0.25, 0.3) is 0 Å². The molecule has 0 radical (unpaired) electrons. The summed E-state index contributed by atoms with van der Waals surface area (Å²) in [6.07, 6.45) is 0.906. The first-order valence-electron chi connectivity index (χ1n) is 10.9. The van der Waals surface area contributed by atoms with E-state index in [1.165, 1.54) is 6.07 Å². The highest BCUT2D eigenvalue weighted by Gasteiger charge is 2.22. The molecular weight excluding hydrogens is 408 g/mol. The van der Waals surface area contributed by atoms with Gasteiger partial charge in [0.2, 0.25) is 5.91 Å². The van der Waals surface area contributed by atoms with Crippen LogP contribution in [0.2, 0.25) is 0 Å². The average molecular weight is 439 g/mol. The van der Waals surface area contributed by atoms with Crippen molar-refractivity contribution < 1.29 is 19.5 Å². The van der Waals surface area contributed by atoms with Crippen molar-refractivity contribution >= 4 is 29.2 Å². The Hall–Kier alpha value is -3.39. The number of amides is 2. The smallest absolute Gasteiger partial charge is 0.335 e. The van der Waals surface area contributed by atoms with Crippen LogP contribution in [0.15, 0.2) is 42.5 Å². The molecule has 0 aliphatic carbocycles. The van der Waals surface area contributed by atoms with Gasteiger partial charge in [0.1, 0.15) is 0 Å². The van der Waals surface area contributed by atoms with Crippen molar-refractivity contribution in [2.45, 2.75) is 20.3 Å². The summed E-state index contributed by atoms with van der Waals surface area (Å²) in [5.41, 5.74) is 2.83. The van der Waals surface area contributed by atoms with E-state index in [1.54, 1.807) is 24.3 Å². The van der Waals surface area contributed by atoms with Crippen molar-refractivity contribution in [3.8, 4) is 0 Å². The zero-order chi connectivity index (χ0) is 23.1. The van der Waals surface area contributed by atoms with Crippen LogP contribution in [0.4, 0.5) is 11.4 Å². The standard InChI is InChI=1S/C24H30N4O4/c1-3-9-25-22(29)16-27-10-12-28(13-11-27)21-8-7-19(24(31)32)15-20(21)26-23(30)18-6-4-5-17(2)14-18/h4-8,14-15H,3,9-13,16H2,1-2H3,(H,25,29)(H,26,30)(H,31,32). The number of carbonyl (C=O) groups excluding carboxylic acids is 2. The predicted molar refractivity (Wildman–Crippen MR) is 124 cm³/mol. The zero-order valence-corrected chi connectivity index (χ0v) is 18.6. The Bertz CT molecular complexity index is 984. The summed E-state index contributed by atoms with van der Waals surface area (Å²) in [5, 5.41) is 15.2. The monoisotopic (exact) mass is 438 g/mol. The van der Waals surface area contributed by atoms with E-state index in [1.807, 2.05) is 26.0 Å². The number of benzene rings is 2. The van der Waals surface area contributed by atoms with Gasteiger partial charge in [-0.05, 0) is 43.7 Å². The number of rotatable bonds is 8. The lowest BCUT2D eigenvalue weighted by atomic mass is 10.1. The average Bonchev–Trinajstić information content (AvgIpc) is 2.78. The summed E-state index contributed by atoms with van der Waals surface area (Å²) in [6, 6.07) is 12.0. The van der Waals surface area contributed by atoms with Gasteiger partial charge >= 0.3 is 5.97 Å². The number of aryl methyl sites for hydroxylation is 1. The van der Waals surface area contributed by atoms with E-state index in [9.17, 15) is 19.5 Å². The van der Waals surface area contributed by atoms with Gasteiger partial charge in [0.15, 0.2) is 0 Å². The van der Waals surface area contributed by atoms with Crippen LogP contribution >= 0.6 is 0 Å². The molecule has 1 aliphatic heterocycles. The minimum atomic E-state index is -1.05. The molecule has 8 heteroatoms. The molecule has 1 saturated heterocycles. The quantitative estimate of drug-likeness (QED) is 0.586. The minimum absolute atomic E-state index is 0.0252. The molecular formula is C24H30N4O4. The van der Waals surface area contributed by atoms with Crippen molar-refractivity contribution in [1.82, 2.24) is 10.2 Å². The second-order valence-corrected chi connectivity index (χ2v) is 7.97. The maximum Gasteiger partial charge on any atom is 0.335 e. The van der Waals surface area contributed by atoms with Gasteiger partial charge in [0, 0.05) is 38.3 Å². The van der Waals surface area contributed by atoms with Crippen molar-refractivity contribution in [3.63, 3.8) is 0 Å². The molecule has 1 aliphatic rings. The van der Waals surface area contributed by atoms with E-state index in [4.69, 9.17) is 0 Å². The Morgan fingerprint density at radius 3 is 2.41 bits per heavy atom. The van der Waals surface area contributed by atoms with Gasteiger partial charge < -0.3 is 20.6 Å². The van der Waals surface area contributed by atoms with Crippen LogP contribution in [0.5, 0.6) is 0 Å². The fourth-order valence-corrected chi connectivity index (χ4v) is 3.70. The molecule has 0 atom stereocenters. The second kappa shape index (κ2) is 10.8. The molecule has 0 saturated carbocycles. The molecule has 32 heavy (non-hydrogen) atoms. The van der Waals surface area contributed by atoms with Crippen molar-refractivity contribution in [2.24, 2.45) is 0 Å². The summed E-state index contributed by atoms with van der Waals surface area (Å²) in [4.78, 5) is 40.5. The highest BCUT2D eigenvalue weighted by molar-refractivity contribution is 6.06. The molecule has 170 valence electrons. The molecule has 0 aromatic heterocycles. The molecule has 1 heterocycles. The molecule has 1 fully saturated rings. The molecule has 2 amide bonds. The highest BCUT2D eigenvalue weighted by atomic mass is 16.4. The first kappa shape index (κ1) is 23.3. The highest BCUT2D eigenvalue weighted by Crippen LogP contribution is 2.29. The van der Waals surface area contributed by atoms with Gasteiger partial charge in [0.25, 0.3) is 5.91 Å². The number of nitrogens with zero attached hydrogens (tertiary/aromatic N) is 2.